The Labute approximate surface area is 167 Å². The van der Waals surface area contributed by atoms with Gasteiger partial charge in [0.25, 0.3) is 0 Å². The van der Waals surface area contributed by atoms with Crippen molar-refractivity contribution in [1.29, 1.82) is 0 Å². The Balaban J connectivity index is 1.73. The molecule has 0 saturated heterocycles. The molecule has 0 spiro atoms. The van der Waals surface area contributed by atoms with Gasteiger partial charge in [0.2, 0.25) is 11.1 Å². The van der Waals surface area contributed by atoms with Crippen molar-refractivity contribution in [3.63, 3.8) is 0 Å². The Morgan fingerprint density at radius 1 is 1.25 bits per heavy atom. The summed E-state index contributed by atoms with van der Waals surface area (Å²) in [6.07, 6.45) is 0. The first kappa shape index (κ1) is 20.0. The lowest BCUT2D eigenvalue weighted by Gasteiger charge is -2.21. The third kappa shape index (κ3) is 4.39. The molecule has 8 heteroatoms. The largest absolute Gasteiger partial charge is 0.340 e. The van der Waals surface area contributed by atoms with Crippen LogP contribution in [0.15, 0.2) is 47.6 Å². The van der Waals surface area contributed by atoms with Crippen molar-refractivity contribution in [2.24, 2.45) is 0 Å². The van der Waals surface area contributed by atoms with E-state index in [2.05, 4.69) is 15.5 Å². The van der Waals surface area contributed by atoms with Gasteiger partial charge < -0.3 is 4.90 Å². The molecule has 1 amide bonds. The van der Waals surface area contributed by atoms with Crippen LogP contribution >= 0.6 is 11.8 Å². The Morgan fingerprint density at radius 2 is 2.00 bits per heavy atom. The highest BCUT2D eigenvalue weighted by atomic mass is 32.2. The quantitative estimate of drug-likeness (QED) is 0.593. The number of aromatic nitrogens is 4. The van der Waals surface area contributed by atoms with E-state index in [1.54, 1.807) is 28.8 Å². The van der Waals surface area contributed by atoms with Gasteiger partial charge in [0, 0.05) is 13.6 Å². The third-order valence-corrected chi connectivity index (χ3v) is 5.58. The smallest absolute Gasteiger partial charge is 0.235 e. The molecule has 3 rings (SSSR count). The molecule has 0 saturated carbocycles. The minimum Gasteiger partial charge on any atom is -0.340 e. The van der Waals surface area contributed by atoms with Gasteiger partial charge in [-0.05, 0) is 66.1 Å². The first-order valence-corrected chi connectivity index (χ1v) is 9.76. The molecule has 3 aromatic rings. The molecule has 0 fully saturated rings. The monoisotopic (exact) mass is 399 g/mol. The van der Waals surface area contributed by atoms with Gasteiger partial charge in [-0.3, -0.25) is 4.79 Å². The molecule has 0 aliphatic heterocycles. The number of benzene rings is 2. The highest BCUT2D eigenvalue weighted by Crippen LogP contribution is 2.26. The number of hydrogen-bond acceptors (Lipinski definition) is 5. The minimum atomic E-state index is -0.395. The summed E-state index contributed by atoms with van der Waals surface area (Å²) in [4.78, 5) is 14.3. The second-order valence-corrected chi connectivity index (χ2v) is 7.98. The van der Waals surface area contributed by atoms with E-state index in [1.165, 1.54) is 23.9 Å². The number of tetrazole rings is 1. The number of nitrogens with zero attached hydrogens (tertiary/aromatic N) is 5. The van der Waals surface area contributed by atoms with Crippen molar-refractivity contribution in [3.05, 3.63) is 65.0 Å². The molecule has 1 aromatic heterocycles. The highest BCUT2D eigenvalue weighted by molar-refractivity contribution is 8.00. The number of hydrogen-bond donors (Lipinski definition) is 0. The van der Waals surface area contributed by atoms with Crippen LogP contribution in [0.2, 0.25) is 0 Å². The SMILES string of the molecule is Cc1cccc(-n2nnnc2S[C@@H](C)C(=O)N(C)Cc2cccc(F)c2)c1C. The molecule has 1 heterocycles. The Bertz CT molecular complexity index is 990. The fourth-order valence-corrected chi connectivity index (χ4v) is 3.79. The zero-order valence-electron chi connectivity index (χ0n) is 16.3. The second kappa shape index (κ2) is 8.52. The molecule has 0 unspecified atom stereocenters. The predicted molar refractivity (Wildman–Crippen MR) is 107 cm³/mol. The number of thioether (sulfide) groups is 1. The summed E-state index contributed by atoms with van der Waals surface area (Å²) in [6.45, 7) is 6.20. The Morgan fingerprint density at radius 3 is 2.75 bits per heavy atom. The van der Waals surface area contributed by atoms with E-state index in [-0.39, 0.29) is 11.7 Å². The standard InChI is InChI=1S/C20H22FN5OS/c1-13-7-5-10-18(14(13)2)26-20(22-23-24-26)28-15(3)19(27)25(4)12-16-8-6-9-17(21)11-16/h5-11,15H,12H2,1-4H3/t15-/m0/s1. The van der Waals surface area contributed by atoms with Gasteiger partial charge in [0.05, 0.1) is 10.9 Å². The lowest BCUT2D eigenvalue weighted by molar-refractivity contribution is -0.129. The molecule has 0 N–H and O–H groups in total. The van der Waals surface area contributed by atoms with Gasteiger partial charge in [-0.1, -0.05) is 36.0 Å². The summed E-state index contributed by atoms with van der Waals surface area (Å²) in [7, 11) is 1.71. The third-order valence-electron chi connectivity index (χ3n) is 4.56. The lowest BCUT2D eigenvalue weighted by atomic mass is 10.1. The predicted octanol–water partition coefficient (Wildman–Crippen LogP) is 3.56. The molecule has 146 valence electrons. The maximum atomic E-state index is 13.4. The van der Waals surface area contributed by atoms with Gasteiger partial charge >= 0.3 is 0 Å². The molecular weight excluding hydrogens is 377 g/mol. The maximum absolute atomic E-state index is 13.4. The molecule has 2 aromatic carbocycles. The number of rotatable bonds is 6. The van der Waals surface area contributed by atoms with E-state index in [9.17, 15) is 9.18 Å². The average Bonchev–Trinajstić information content (AvgIpc) is 3.11. The molecule has 1 atom stereocenters. The molecule has 0 bridgehead atoms. The summed E-state index contributed by atoms with van der Waals surface area (Å²) in [5.41, 5.74) is 3.86. The van der Waals surface area contributed by atoms with E-state index in [1.807, 2.05) is 39.0 Å². The van der Waals surface area contributed by atoms with Crippen molar-refractivity contribution in [2.75, 3.05) is 7.05 Å². The number of carbonyl (C=O) groups excluding carboxylic acids is 1. The summed E-state index contributed by atoms with van der Waals surface area (Å²) in [6, 6.07) is 12.2. The first-order valence-electron chi connectivity index (χ1n) is 8.88. The summed E-state index contributed by atoms with van der Waals surface area (Å²) in [5, 5.41) is 12.1. The molecule has 28 heavy (non-hydrogen) atoms. The summed E-state index contributed by atoms with van der Waals surface area (Å²) >= 11 is 1.30. The number of halogens is 1. The van der Waals surface area contributed by atoms with Crippen LogP contribution in [-0.4, -0.2) is 43.3 Å². The van der Waals surface area contributed by atoms with E-state index < -0.39 is 5.25 Å². The maximum Gasteiger partial charge on any atom is 0.235 e. The molecule has 6 nitrogen and oxygen atoms in total. The van der Waals surface area contributed by atoms with E-state index in [4.69, 9.17) is 0 Å². The number of aryl methyl sites for hydroxylation is 1. The van der Waals surface area contributed by atoms with Gasteiger partial charge in [-0.15, -0.1) is 5.10 Å². The molecule has 0 aliphatic carbocycles. The van der Waals surface area contributed by atoms with Crippen molar-refractivity contribution < 1.29 is 9.18 Å². The minimum absolute atomic E-state index is 0.0789. The number of carbonyl (C=O) groups is 1. The van der Waals surface area contributed by atoms with Crippen LogP contribution in [0.3, 0.4) is 0 Å². The lowest BCUT2D eigenvalue weighted by Crippen LogP contribution is -2.33. The summed E-state index contributed by atoms with van der Waals surface area (Å²) in [5.74, 6) is -0.391. The van der Waals surface area contributed by atoms with Crippen LogP contribution in [0.25, 0.3) is 5.69 Å². The van der Waals surface area contributed by atoms with Gasteiger partial charge in [-0.25, -0.2) is 4.39 Å². The van der Waals surface area contributed by atoms with Crippen LogP contribution in [0.1, 0.15) is 23.6 Å². The topological polar surface area (TPSA) is 63.9 Å². The van der Waals surface area contributed by atoms with Crippen LogP contribution < -0.4 is 0 Å². The molecule has 0 aliphatic rings. The van der Waals surface area contributed by atoms with Gasteiger partial charge in [0.1, 0.15) is 5.82 Å². The van der Waals surface area contributed by atoms with Crippen molar-refractivity contribution in [1.82, 2.24) is 25.1 Å². The molecule has 0 radical (unpaired) electrons. The van der Waals surface area contributed by atoms with Crippen LogP contribution in [0.4, 0.5) is 4.39 Å². The summed E-state index contributed by atoms with van der Waals surface area (Å²) < 4.78 is 15.0. The fraction of sp³-hybridized carbons (Fsp3) is 0.300. The van der Waals surface area contributed by atoms with Crippen molar-refractivity contribution in [2.45, 2.75) is 37.7 Å². The molecular formula is C20H22FN5OS. The van der Waals surface area contributed by atoms with Crippen LogP contribution in [0, 0.1) is 19.7 Å². The van der Waals surface area contributed by atoms with Crippen LogP contribution in [0.5, 0.6) is 0 Å². The normalized spacial score (nSPS) is 12.0. The van der Waals surface area contributed by atoms with E-state index in [0.717, 1.165) is 22.4 Å². The second-order valence-electron chi connectivity index (χ2n) is 6.68. The highest BCUT2D eigenvalue weighted by Gasteiger charge is 2.23. The van der Waals surface area contributed by atoms with E-state index >= 15 is 0 Å². The Kier molecular flexibility index (Phi) is 6.08. The number of amides is 1. The van der Waals surface area contributed by atoms with E-state index in [0.29, 0.717) is 11.7 Å². The average molecular weight is 399 g/mol. The fourth-order valence-electron chi connectivity index (χ4n) is 2.87. The van der Waals surface area contributed by atoms with Crippen molar-refractivity contribution in [3.8, 4) is 5.69 Å². The van der Waals surface area contributed by atoms with Crippen molar-refractivity contribution >= 4 is 17.7 Å². The van der Waals surface area contributed by atoms with Crippen LogP contribution in [-0.2, 0) is 11.3 Å². The first-order chi connectivity index (χ1) is 13.4. The Hall–Kier alpha value is -2.74. The van der Waals surface area contributed by atoms with Gasteiger partial charge in [0.15, 0.2) is 0 Å². The van der Waals surface area contributed by atoms with Gasteiger partial charge in [-0.2, -0.15) is 4.68 Å². The zero-order valence-corrected chi connectivity index (χ0v) is 17.1. The zero-order chi connectivity index (χ0) is 20.3.